The second kappa shape index (κ2) is 6.24. The molecule has 2 aliphatic carbocycles. The topological polar surface area (TPSA) is 39.1 Å². The zero-order valence-corrected chi connectivity index (χ0v) is 12.8. The predicted molar refractivity (Wildman–Crippen MR) is 78.8 cm³/mol. The van der Waals surface area contributed by atoms with Crippen molar-refractivity contribution in [3.8, 4) is 6.07 Å². The van der Waals surface area contributed by atoms with Crippen LogP contribution in [0.25, 0.3) is 0 Å². The summed E-state index contributed by atoms with van der Waals surface area (Å²) in [5.74, 6) is 1.49. The van der Waals surface area contributed by atoms with E-state index in [2.05, 4.69) is 30.1 Å². The molecule has 1 N–H and O–H groups in total. The number of nitrogens with zero attached hydrogens (tertiary/aromatic N) is 2. The minimum atomic E-state index is -0.248. The highest BCUT2D eigenvalue weighted by molar-refractivity contribution is 5.13. The summed E-state index contributed by atoms with van der Waals surface area (Å²) in [7, 11) is 1.95. The summed E-state index contributed by atoms with van der Waals surface area (Å²) in [6, 6.07) is 3.19. The van der Waals surface area contributed by atoms with E-state index < -0.39 is 0 Å². The van der Waals surface area contributed by atoms with E-state index in [0.717, 1.165) is 18.9 Å². The van der Waals surface area contributed by atoms with Crippen molar-refractivity contribution < 1.29 is 0 Å². The molecule has 0 spiro atoms. The lowest BCUT2D eigenvalue weighted by molar-refractivity contribution is 0.184. The molecule has 0 aliphatic heterocycles. The summed E-state index contributed by atoms with van der Waals surface area (Å²) in [6.07, 6.45) is 7.44. The van der Waals surface area contributed by atoms with Gasteiger partial charge in [-0.1, -0.05) is 6.42 Å². The molecule has 3 nitrogen and oxygen atoms in total. The van der Waals surface area contributed by atoms with Crippen molar-refractivity contribution >= 4 is 0 Å². The van der Waals surface area contributed by atoms with E-state index in [1.807, 2.05) is 7.05 Å². The monoisotopic (exact) mass is 263 g/mol. The maximum Gasteiger partial charge on any atom is 0.109 e. The van der Waals surface area contributed by atoms with E-state index in [9.17, 15) is 5.26 Å². The predicted octanol–water partition coefficient (Wildman–Crippen LogP) is 2.78. The van der Waals surface area contributed by atoms with Crippen LogP contribution in [0.2, 0.25) is 0 Å². The fourth-order valence-corrected chi connectivity index (χ4v) is 3.51. The van der Waals surface area contributed by atoms with Crippen molar-refractivity contribution in [3.05, 3.63) is 0 Å². The quantitative estimate of drug-likeness (QED) is 0.767. The second-order valence-corrected chi connectivity index (χ2v) is 6.74. The molecule has 2 saturated carbocycles. The van der Waals surface area contributed by atoms with Crippen LogP contribution in [0.15, 0.2) is 0 Å². The molecule has 0 saturated heterocycles. The van der Waals surface area contributed by atoms with E-state index >= 15 is 0 Å². The van der Waals surface area contributed by atoms with Crippen LogP contribution in [0.5, 0.6) is 0 Å². The SMILES string of the molecule is CNC1(C#N)CCCC1CCN(CC1CC1)C(C)C. The van der Waals surface area contributed by atoms with Gasteiger partial charge in [-0.05, 0) is 71.4 Å². The lowest BCUT2D eigenvalue weighted by Crippen LogP contribution is -2.46. The van der Waals surface area contributed by atoms with Crippen LogP contribution >= 0.6 is 0 Å². The zero-order chi connectivity index (χ0) is 13.9. The molecule has 0 bridgehead atoms. The Bertz CT molecular complexity index is 329. The molecule has 3 heteroatoms. The van der Waals surface area contributed by atoms with Crippen LogP contribution in [0.4, 0.5) is 0 Å². The molecule has 0 aromatic carbocycles. The van der Waals surface area contributed by atoms with Gasteiger partial charge < -0.3 is 10.2 Å². The van der Waals surface area contributed by atoms with Crippen molar-refractivity contribution in [1.29, 1.82) is 5.26 Å². The largest absolute Gasteiger partial charge is 0.302 e. The van der Waals surface area contributed by atoms with Crippen molar-refractivity contribution in [1.82, 2.24) is 10.2 Å². The molecule has 2 unspecified atom stereocenters. The Hall–Kier alpha value is -0.590. The molecular weight excluding hydrogens is 234 g/mol. The summed E-state index contributed by atoms with van der Waals surface area (Å²) in [5, 5.41) is 12.8. The summed E-state index contributed by atoms with van der Waals surface area (Å²) in [6.45, 7) is 7.02. The molecule has 2 atom stereocenters. The van der Waals surface area contributed by atoms with E-state index in [-0.39, 0.29) is 5.54 Å². The van der Waals surface area contributed by atoms with Crippen molar-refractivity contribution in [3.63, 3.8) is 0 Å². The van der Waals surface area contributed by atoms with Crippen LogP contribution in [0.3, 0.4) is 0 Å². The Balaban J connectivity index is 1.87. The first kappa shape index (κ1) is 14.8. The van der Waals surface area contributed by atoms with Gasteiger partial charge in [-0.2, -0.15) is 5.26 Å². The number of hydrogen-bond donors (Lipinski definition) is 1. The molecule has 0 heterocycles. The average molecular weight is 263 g/mol. The fourth-order valence-electron chi connectivity index (χ4n) is 3.51. The van der Waals surface area contributed by atoms with Crippen molar-refractivity contribution in [2.24, 2.45) is 11.8 Å². The van der Waals surface area contributed by atoms with Gasteiger partial charge in [-0.25, -0.2) is 0 Å². The molecule has 2 fully saturated rings. The highest BCUT2D eigenvalue weighted by atomic mass is 15.1. The summed E-state index contributed by atoms with van der Waals surface area (Å²) < 4.78 is 0. The molecule has 2 rings (SSSR count). The summed E-state index contributed by atoms with van der Waals surface area (Å²) in [4.78, 5) is 2.62. The molecular formula is C16H29N3. The Labute approximate surface area is 118 Å². The third kappa shape index (κ3) is 3.49. The van der Waals surface area contributed by atoms with Crippen LogP contribution < -0.4 is 5.32 Å². The van der Waals surface area contributed by atoms with Gasteiger partial charge in [-0.15, -0.1) is 0 Å². The Morgan fingerprint density at radius 1 is 1.37 bits per heavy atom. The first-order valence-electron chi connectivity index (χ1n) is 7.95. The van der Waals surface area contributed by atoms with Gasteiger partial charge in [0, 0.05) is 12.6 Å². The first-order chi connectivity index (χ1) is 9.11. The number of rotatable bonds is 7. The standard InChI is InChI=1S/C16H29N3/c1-13(2)19(11-14-6-7-14)10-8-15-5-4-9-16(15,12-17)18-3/h13-15,18H,4-11H2,1-3H3. The molecule has 0 aromatic heterocycles. The molecule has 19 heavy (non-hydrogen) atoms. The van der Waals surface area contributed by atoms with E-state index in [0.29, 0.717) is 12.0 Å². The van der Waals surface area contributed by atoms with Crippen LogP contribution in [-0.2, 0) is 0 Å². The summed E-state index contributed by atoms with van der Waals surface area (Å²) in [5.41, 5.74) is -0.248. The minimum Gasteiger partial charge on any atom is -0.302 e. The second-order valence-electron chi connectivity index (χ2n) is 6.74. The number of nitriles is 1. The third-order valence-electron chi connectivity index (χ3n) is 5.15. The van der Waals surface area contributed by atoms with Gasteiger partial charge in [0.2, 0.25) is 0 Å². The molecule has 0 radical (unpaired) electrons. The lowest BCUT2D eigenvalue weighted by atomic mass is 9.86. The van der Waals surface area contributed by atoms with Gasteiger partial charge in [0.05, 0.1) is 6.07 Å². The smallest absolute Gasteiger partial charge is 0.109 e. The van der Waals surface area contributed by atoms with E-state index in [4.69, 9.17) is 0 Å². The Kier molecular flexibility index (Phi) is 4.86. The first-order valence-corrected chi connectivity index (χ1v) is 7.95. The maximum atomic E-state index is 9.49. The molecule has 108 valence electrons. The number of nitrogens with one attached hydrogen (secondary N) is 1. The molecule has 2 aliphatic rings. The molecule has 0 amide bonds. The Morgan fingerprint density at radius 3 is 2.63 bits per heavy atom. The van der Waals surface area contributed by atoms with Crippen molar-refractivity contribution in [2.45, 2.75) is 64.0 Å². The average Bonchev–Trinajstić information content (AvgIpc) is 3.13. The zero-order valence-electron chi connectivity index (χ0n) is 12.8. The van der Waals surface area contributed by atoms with Crippen LogP contribution in [0, 0.1) is 23.2 Å². The highest BCUT2D eigenvalue weighted by Crippen LogP contribution is 2.38. The van der Waals surface area contributed by atoms with Crippen molar-refractivity contribution in [2.75, 3.05) is 20.1 Å². The van der Waals surface area contributed by atoms with E-state index in [1.54, 1.807) is 0 Å². The minimum absolute atomic E-state index is 0.248. The number of hydrogen-bond acceptors (Lipinski definition) is 3. The van der Waals surface area contributed by atoms with Gasteiger partial charge in [0.15, 0.2) is 0 Å². The van der Waals surface area contributed by atoms with Gasteiger partial charge in [-0.3, -0.25) is 0 Å². The summed E-state index contributed by atoms with van der Waals surface area (Å²) >= 11 is 0. The maximum absolute atomic E-state index is 9.49. The van der Waals surface area contributed by atoms with E-state index in [1.165, 1.54) is 38.6 Å². The van der Waals surface area contributed by atoms with Crippen LogP contribution in [-0.4, -0.2) is 36.6 Å². The molecule has 0 aromatic rings. The van der Waals surface area contributed by atoms with Gasteiger partial charge in [0.25, 0.3) is 0 Å². The normalized spacial score (nSPS) is 31.1. The fraction of sp³-hybridized carbons (Fsp3) is 0.938. The van der Waals surface area contributed by atoms with Crippen LogP contribution in [0.1, 0.15) is 52.4 Å². The lowest BCUT2D eigenvalue weighted by Gasteiger charge is -2.32. The highest BCUT2D eigenvalue weighted by Gasteiger charge is 2.41. The Morgan fingerprint density at radius 2 is 2.11 bits per heavy atom. The van der Waals surface area contributed by atoms with Gasteiger partial charge in [0.1, 0.15) is 5.54 Å². The van der Waals surface area contributed by atoms with Gasteiger partial charge >= 0.3 is 0 Å². The third-order valence-corrected chi connectivity index (χ3v) is 5.15.